The summed E-state index contributed by atoms with van der Waals surface area (Å²) in [5.74, 6) is 0. The van der Waals surface area contributed by atoms with Gasteiger partial charge in [0.1, 0.15) is 0 Å². The number of nitrogens with zero attached hydrogens (tertiary/aromatic N) is 2. The Labute approximate surface area is 176 Å². The van der Waals surface area contributed by atoms with Crippen molar-refractivity contribution in [3.8, 4) is 0 Å². The van der Waals surface area contributed by atoms with Crippen LogP contribution in [0.1, 0.15) is 24.6 Å². The van der Waals surface area contributed by atoms with Crippen LogP contribution in [0.3, 0.4) is 0 Å². The first kappa shape index (κ1) is 19.8. The molecule has 4 rings (SSSR count). The largest absolute Gasteiger partial charge is 0.396 e. The monoisotopic (exact) mass is 407 g/mol. The highest BCUT2D eigenvalue weighted by molar-refractivity contribution is 7.80. The van der Waals surface area contributed by atoms with Gasteiger partial charge in [-0.1, -0.05) is 30.3 Å². The third kappa shape index (κ3) is 4.10. The molecule has 0 spiro atoms. The highest BCUT2D eigenvalue weighted by atomic mass is 32.1. The topological polar surface area (TPSA) is 57.6 Å². The SMILES string of the molecule is CCOCc1cc2c(NC(=S)N3c4ccccc4C[C@H]3CCO)cccc2cn1. The molecule has 0 aliphatic carbocycles. The molecule has 2 heterocycles. The summed E-state index contributed by atoms with van der Waals surface area (Å²) in [5.41, 5.74) is 4.21. The van der Waals surface area contributed by atoms with Gasteiger partial charge < -0.3 is 20.1 Å². The summed E-state index contributed by atoms with van der Waals surface area (Å²) in [6, 6.07) is 16.6. The fraction of sp³-hybridized carbons (Fsp3) is 0.304. The number of ether oxygens (including phenoxy) is 1. The van der Waals surface area contributed by atoms with Crippen LogP contribution in [0.2, 0.25) is 0 Å². The Morgan fingerprint density at radius 1 is 1.28 bits per heavy atom. The number of anilines is 2. The van der Waals surface area contributed by atoms with Gasteiger partial charge >= 0.3 is 0 Å². The minimum Gasteiger partial charge on any atom is -0.396 e. The first-order valence-electron chi connectivity index (χ1n) is 9.95. The van der Waals surface area contributed by atoms with E-state index in [1.54, 1.807) is 0 Å². The minimum atomic E-state index is 0.137. The number of thiocarbonyl (C=S) groups is 1. The first-order valence-corrected chi connectivity index (χ1v) is 10.4. The zero-order valence-electron chi connectivity index (χ0n) is 16.5. The molecule has 1 aromatic heterocycles. The lowest BCUT2D eigenvalue weighted by Gasteiger charge is -2.28. The van der Waals surface area contributed by atoms with E-state index in [1.165, 1.54) is 5.56 Å². The van der Waals surface area contributed by atoms with E-state index in [9.17, 15) is 5.11 Å². The van der Waals surface area contributed by atoms with Crippen molar-refractivity contribution in [2.75, 3.05) is 23.4 Å². The molecule has 2 aromatic carbocycles. The zero-order chi connectivity index (χ0) is 20.2. The summed E-state index contributed by atoms with van der Waals surface area (Å²) >= 11 is 5.82. The summed E-state index contributed by atoms with van der Waals surface area (Å²) < 4.78 is 5.51. The minimum absolute atomic E-state index is 0.137. The number of aliphatic hydroxyl groups is 1. The van der Waals surface area contributed by atoms with Gasteiger partial charge in [-0.15, -0.1) is 0 Å². The summed E-state index contributed by atoms with van der Waals surface area (Å²) in [6.45, 7) is 3.26. The maximum absolute atomic E-state index is 9.53. The van der Waals surface area contributed by atoms with Crippen molar-refractivity contribution >= 4 is 39.5 Å². The number of benzene rings is 2. The molecule has 29 heavy (non-hydrogen) atoms. The van der Waals surface area contributed by atoms with Crippen LogP contribution in [0.5, 0.6) is 0 Å². The van der Waals surface area contributed by atoms with Crippen molar-refractivity contribution in [2.24, 2.45) is 0 Å². The maximum Gasteiger partial charge on any atom is 0.178 e. The van der Waals surface area contributed by atoms with Crippen molar-refractivity contribution < 1.29 is 9.84 Å². The molecule has 0 radical (unpaired) electrons. The van der Waals surface area contributed by atoms with Gasteiger partial charge in [0.2, 0.25) is 0 Å². The number of rotatable bonds is 6. The fourth-order valence-corrected chi connectivity index (χ4v) is 4.26. The van der Waals surface area contributed by atoms with Gasteiger partial charge in [0.05, 0.1) is 12.3 Å². The van der Waals surface area contributed by atoms with Gasteiger partial charge in [-0.2, -0.15) is 0 Å². The quantitative estimate of drug-likeness (QED) is 0.595. The molecule has 0 fully saturated rings. The molecule has 0 amide bonds. The van der Waals surface area contributed by atoms with Crippen molar-refractivity contribution in [2.45, 2.75) is 32.4 Å². The predicted molar refractivity (Wildman–Crippen MR) is 121 cm³/mol. The van der Waals surface area contributed by atoms with E-state index in [-0.39, 0.29) is 12.6 Å². The van der Waals surface area contributed by atoms with Crippen molar-refractivity contribution in [1.82, 2.24) is 4.98 Å². The third-order valence-electron chi connectivity index (χ3n) is 5.27. The van der Waals surface area contributed by atoms with Crippen LogP contribution in [-0.4, -0.2) is 34.5 Å². The molecule has 150 valence electrons. The Kier molecular flexibility index (Phi) is 6.04. The lowest BCUT2D eigenvalue weighted by atomic mass is 10.1. The van der Waals surface area contributed by atoms with Gasteiger partial charge in [0.15, 0.2) is 5.11 Å². The van der Waals surface area contributed by atoms with Gasteiger partial charge in [0.25, 0.3) is 0 Å². The van der Waals surface area contributed by atoms with Gasteiger partial charge in [-0.25, -0.2) is 0 Å². The van der Waals surface area contributed by atoms with Crippen molar-refractivity contribution in [3.63, 3.8) is 0 Å². The summed E-state index contributed by atoms with van der Waals surface area (Å²) in [5, 5.41) is 15.7. The molecule has 1 atom stereocenters. The predicted octanol–water partition coefficient (Wildman–Crippen LogP) is 4.28. The molecule has 2 N–H and O–H groups in total. The summed E-state index contributed by atoms with van der Waals surface area (Å²) in [6.07, 6.45) is 3.43. The van der Waals surface area contributed by atoms with Gasteiger partial charge in [-0.05, 0) is 55.7 Å². The van der Waals surface area contributed by atoms with Gasteiger partial charge in [-0.3, -0.25) is 4.98 Å². The lowest BCUT2D eigenvalue weighted by Crippen LogP contribution is -2.41. The van der Waals surface area contributed by atoms with Crippen LogP contribution in [0.15, 0.2) is 54.7 Å². The van der Waals surface area contributed by atoms with E-state index in [2.05, 4.69) is 33.4 Å². The number of para-hydroxylation sites is 1. The Bertz CT molecular complexity index is 1020. The molecular weight excluding hydrogens is 382 g/mol. The Morgan fingerprint density at radius 2 is 2.14 bits per heavy atom. The Hall–Kier alpha value is -2.54. The molecule has 1 aliphatic rings. The van der Waals surface area contributed by atoms with Crippen LogP contribution in [0.25, 0.3) is 10.8 Å². The third-order valence-corrected chi connectivity index (χ3v) is 5.57. The second-order valence-corrected chi connectivity index (χ2v) is 7.53. The molecule has 0 unspecified atom stereocenters. The number of aliphatic hydroxyl groups excluding tert-OH is 1. The fourth-order valence-electron chi connectivity index (χ4n) is 3.90. The molecule has 0 saturated heterocycles. The van der Waals surface area contributed by atoms with Crippen molar-refractivity contribution in [1.29, 1.82) is 0 Å². The molecule has 6 heteroatoms. The molecule has 5 nitrogen and oxygen atoms in total. The second kappa shape index (κ2) is 8.86. The smallest absolute Gasteiger partial charge is 0.178 e. The van der Waals surface area contributed by atoms with Crippen LogP contribution >= 0.6 is 12.2 Å². The highest BCUT2D eigenvalue weighted by Crippen LogP contribution is 2.34. The van der Waals surface area contributed by atoms with E-state index >= 15 is 0 Å². The lowest BCUT2D eigenvalue weighted by molar-refractivity contribution is 0.131. The summed E-state index contributed by atoms with van der Waals surface area (Å²) in [7, 11) is 0. The number of pyridine rings is 1. The molecule has 0 saturated carbocycles. The van der Waals surface area contributed by atoms with E-state index < -0.39 is 0 Å². The number of nitrogens with one attached hydrogen (secondary N) is 1. The second-order valence-electron chi connectivity index (χ2n) is 7.14. The van der Waals surface area contributed by atoms with Crippen LogP contribution in [0.4, 0.5) is 11.4 Å². The standard InChI is InChI=1S/C23H25N3O2S/c1-2-28-15-18-13-20-17(14-24-18)7-5-8-21(20)25-23(29)26-19(10-11-27)12-16-6-3-4-9-22(16)26/h3-9,13-14,19,27H,2,10-12,15H2,1H3,(H,25,29)/t19-/m1/s1. The Balaban J connectivity index is 1.64. The normalized spacial score (nSPS) is 15.5. The van der Waals surface area contributed by atoms with E-state index in [0.29, 0.717) is 24.7 Å². The number of fused-ring (bicyclic) bond motifs is 2. The van der Waals surface area contributed by atoms with Crippen LogP contribution in [-0.2, 0) is 17.8 Å². The van der Waals surface area contributed by atoms with Crippen LogP contribution in [0, 0.1) is 0 Å². The molecule has 0 bridgehead atoms. The zero-order valence-corrected chi connectivity index (χ0v) is 17.3. The average Bonchev–Trinajstić information content (AvgIpc) is 3.11. The Morgan fingerprint density at radius 3 is 2.97 bits per heavy atom. The van der Waals surface area contributed by atoms with E-state index in [0.717, 1.165) is 34.3 Å². The maximum atomic E-state index is 9.53. The van der Waals surface area contributed by atoms with Crippen LogP contribution < -0.4 is 10.2 Å². The van der Waals surface area contributed by atoms with E-state index in [4.69, 9.17) is 17.0 Å². The number of hydrogen-bond donors (Lipinski definition) is 2. The van der Waals surface area contributed by atoms with E-state index in [1.807, 2.05) is 43.5 Å². The summed E-state index contributed by atoms with van der Waals surface area (Å²) in [4.78, 5) is 6.63. The molecule has 3 aromatic rings. The number of aromatic nitrogens is 1. The molecule has 1 aliphatic heterocycles. The molecular formula is C23H25N3O2S. The van der Waals surface area contributed by atoms with Crippen molar-refractivity contribution in [3.05, 3.63) is 66.0 Å². The highest BCUT2D eigenvalue weighted by Gasteiger charge is 2.31. The number of hydrogen-bond acceptors (Lipinski definition) is 4. The van der Waals surface area contributed by atoms with Gasteiger partial charge in [0, 0.05) is 47.6 Å². The first-order chi connectivity index (χ1) is 14.2. The average molecular weight is 408 g/mol.